The molecule has 1 aromatic carbocycles. The molecular formula is C14H17N3O2. The Morgan fingerprint density at radius 3 is 2.37 bits per heavy atom. The lowest BCUT2D eigenvalue weighted by atomic mass is 10.1. The maximum absolute atomic E-state index is 10.9. The molecule has 5 nitrogen and oxygen atoms in total. The Labute approximate surface area is 112 Å². The predicted molar refractivity (Wildman–Crippen MR) is 72.9 cm³/mol. The fourth-order valence-electron chi connectivity index (χ4n) is 2.22. The van der Waals surface area contributed by atoms with Gasteiger partial charge in [0.1, 0.15) is 6.04 Å². The highest BCUT2D eigenvalue weighted by Gasteiger charge is 2.22. The molecular weight excluding hydrogens is 242 g/mol. The van der Waals surface area contributed by atoms with Crippen LogP contribution in [0.15, 0.2) is 30.3 Å². The van der Waals surface area contributed by atoms with Crippen molar-refractivity contribution in [2.75, 3.05) is 6.54 Å². The van der Waals surface area contributed by atoms with Gasteiger partial charge in [-0.3, -0.25) is 14.8 Å². The van der Waals surface area contributed by atoms with Crippen molar-refractivity contribution in [1.29, 1.82) is 0 Å². The van der Waals surface area contributed by atoms with Crippen molar-refractivity contribution in [1.82, 2.24) is 9.78 Å². The molecule has 0 saturated heterocycles. The summed E-state index contributed by atoms with van der Waals surface area (Å²) in [6, 6.07) is 9.37. The molecule has 19 heavy (non-hydrogen) atoms. The van der Waals surface area contributed by atoms with Crippen LogP contribution in [0.2, 0.25) is 0 Å². The molecule has 0 aliphatic heterocycles. The monoisotopic (exact) mass is 259 g/mol. The van der Waals surface area contributed by atoms with Crippen LogP contribution in [0.1, 0.15) is 28.6 Å². The average Bonchev–Trinajstić information content (AvgIpc) is 2.66. The minimum atomic E-state index is -0.357. The van der Waals surface area contributed by atoms with Gasteiger partial charge < -0.3 is 0 Å². The van der Waals surface area contributed by atoms with E-state index in [1.54, 1.807) is 4.68 Å². The first-order valence-corrected chi connectivity index (χ1v) is 6.18. The van der Waals surface area contributed by atoms with Gasteiger partial charge >= 0.3 is 0 Å². The van der Waals surface area contributed by atoms with Crippen molar-refractivity contribution >= 4 is 0 Å². The maximum Gasteiger partial charge on any atom is 0.230 e. The molecule has 0 bridgehead atoms. The number of benzene rings is 1. The van der Waals surface area contributed by atoms with Crippen molar-refractivity contribution in [2.45, 2.75) is 26.8 Å². The zero-order valence-corrected chi connectivity index (χ0v) is 11.3. The Balaban J connectivity index is 2.43. The molecule has 0 saturated carbocycles. The number of nitrogens with zero attached hydrogens (tertiary/aromatic N) is 3. The lowest BCUT2D eigenvalue weighted by molar-refractivity contribution is -0.484. The Morgan fingerprint density at radius 1 is 1.26 bits per heavy atom. The van der Waals surface area contributed by atoms with E-state index < -0.39 is 0 Å². The van der Waals surface area contributed by atoms with Gasteiger partial charge in [0, 0.05) is 10.6 Å². The molecule has 1 heterocycles. The van der Waals surface area contributed by atoms with E-state index in [0.29, 0.717) is 0 Å². The molecule has 0 aliphatic carbocycles. The quantitative estimate of drug-likeness (QED) is 0.626. The molecule has 0 N–H and O–H groups in total. The summed E-state index contributed by atoms with van der Waals surface area (Å²) in [6.07, 6.45) is 0. The van der Waals surface area contributed by atoms with Gasteiger partial charge in [-0.2, -0.15) is 5.10 Å². The van der Waals surface area contributed by atoms with E-state index in [4.69, 9.17) is 0 Å². The molecule has 1 atom stereocenters. The van der Waals surface area contributed by atoms with E-state index in [1.165, 1.54) is 0 Å². The minimum Gasteiger partial charge on any atom is -0.264 e. The molecule has 100 valence electrons. The van der Waals surface area contributed by atoms with Gasteiger partial charge in [-0.25, -0.2) is 0 Å². The van der Waals surface area contributed by atoms with Gasteiger partial charge in [0.05, 0.1) is 5.69 Å². The number of nitro groups is 1. The summed E-state index contributed by atoms with van der Waals surface area (Å²) in [5, 5.41) is 15.3. The van der Waals surface area contributed by atoms with Crippen LogP contribution in [-0.2, 0) is 0 Å². The van der Waals surface area contributed by atoms with Crippen LogP contribution >= 0.6 is 0 Å². The number of hydrogen-bond acceptors (Lipinski definition) is 3. The third kappa shape index (κ3) is 2.99. The summed E-state index contributed by atoms with van der Waals surface area (Å²) >= 11 is 0. The molecule has 1 aromatic heterocycles. The van der Waals surface area contributed by atoms with E-state index in [2.05, 4.69) is 5.10 Å². The SMILES string of the molecule is Cc1ccc([C@H](C[N+](=O)[O-])n2nc(C)cc2C)cc1. The Kier molecular flexibility index (Phi) is 3.64. The van der Waals surface area contributed by atoms with Crippen molar-refractivity contribution in [3.8, 4) is 0 Å². The summed E-state index contributed by atoms with van der Waals surface area (Å²) in [4.78, 5) is 10.6. The maximum atomic E-state index is 10.9. The average molecular weight is 259 g/mol. The van der Waals surface area contributed by atoms with E-state index in [-0.39, 0.29) is 17.5 Å². The standard InChI is InChI=1S/C14H17N3O2/c1-10-4-6-13(7-5-10)14(9-16(18)19)17-12(3)8-11(2)15-17/h4-8,14H,9H2,1-3H3/t14-/m0/s1. The van der Waals surface area contributed by atoms with Crippen molar-refractivity contribution in [3.05, 3.63) is 63.0 Å². The zero-order valence-electron chi connectivity index (χ0n) is 11.3. The molecule has 0 fully saturated rings. The highest BCUT2D eigenvalue weighted by molar-refractivity contribution is 5.25. The third-order valence-corrected chi connectivity index (χ3v) is 3.12. The normalized spacial score (nSPS) is 12.4. The largest absolute Gasteiger partial charge is 0.264 e. The predicted octanol–water partition coefficient (Wildman–Crippen LogP) is 2.67. The van der Waals surface area contributed by atoms with Gasteiger partial charge in [0.2, 0.25) is 6.54 Å². The van der Waals surface area contributed by atoms with Gasteiger partial charge in [-0.1, -0.05) is 29.8 Å². The van der Waals surface area contributed by atoms with Gasteiger partial charge in [-0.15, -0.1) is 0 Å². The number of aromatic nitrogens is 2. The Hall–Kier alpha value is -2.17. The minimum absolute atomic E-state index is 0.162. The van der Waals surface area contributed by atoms with Crippen LogP contribution in [0, 0.1) is 30.9 Å². The van der Waals surface area contributed by atoms with Crippen molar-refractivity contribution in [2.24, 2.45) is 0 Å². The molecule has 0 radical (unpaired) electrons. The second-order valence-corrected chi connectivity index (χ2v) is 4.81. The van der Waals surface area contributed by atoms with E-state index in [9.17, 15) is 10.1 Å². The Bertz CT molecular complexity index is 587. The van der Waals surface area contributed by atoms with E-state index in [1.807, 2.05) is 51.1 Å². The summed E-state index contributed by atoms with van der Waals surface area (Å²) in [5.74, 6) is 0. The van der Waals surface area contributed by atoms with Crippen LogP contribution in [0.25, 0.3) is 0 Å². The summed E-state index contributed by atoms with van der Waals surface area (Å²) in [5.41, 5.74) is 3.85. The first-order valence-electron chi connectivity index (χ1n) is 6.18. The van der Waals surface area contributed by atoms with E-state index in [0.717, 1.165) is 22.5 Å². The summed E-state index contributed by atoms with van der Waals surface area (Å²) in [7, 11) is 0. The molecule has 0 spiro atoms. The van der Waals surface area contributed by atoms with Crippen LogP contribution in [-0.4, -0.2) is 21.2 Å². The van der Waals surface area contributed by atoms with Crippen LogP contribution in [0.3, 0.4) is 0 Å². The smallest absolute Gasteiger partial charge is 0.230 e. The lowest BCUT2D eigenvalue weighted by Gasteiger charge is -2.16. The van der Waals surface area contributed by atoms with Crippen LogP contribution < -0.4 is 0 Å². The summed E-state index contributed by atoms with van der Waals surface area (Å²) < 4.78 is 1.74. The first-order chi connectivity index (χ1) is 8.97. The lowest BCUT2D eigenvalue weighted by Crippen LogP contribution is -2.22. The summed E-state index contributed by atoms with van der Waals surface area (Å²) in [6.45, 7) is 5.64. The first kappa shape index (κ1) is 13.3. The second kappa shape index (κ2) is 5.22. The number of aryl methyl sites for hydroxylation is 3. The number of rotatable bonds is 4. The highest BCUT2D eigenvalue weighted by Crippen LogP contribution is 2.21. The van der Waals surface area contributed by atoms with Crippen molar-refractivity contribution in [3.63, 3.8) is 0 Å². The van der Waals surface area contributed by atoms with Crippen molar-refractivity contribution < 1.29 is 4.92 Å². The van der Waals surface area contributed by atoms with Gasteiger partial charge in [-0.05, 0) is 32.4 Å². The molecule has 0 aliphatic rings. The fourth-order valence-corrected chi connectivity index (χ4v) is 2.22. The highest BCUT2D eigenvalue weighted by atomic mass is 16.6. The fraction of sp³-hybridized carbons (Fsp3) is 0.357. The van der Waals surface area contributed by atoms with Crippen LogP contribution in [0.5, 0.6) is 0 Å². The van der Waals surface area contributed by atoms with Crippen LogP contribution in [0.4, 0.5) is 0 Å². The number of hydrogen-bond donors (Lipinski definition) is 0. The molecule has 0 unspecified atom stereocenters. The molecule has 2 aromatic rings. The Morgan fingerprint density at radius 2 is 1.89 bits per heavy atom. The molecule has 5 heteroatoms. The van der Waals surface area contributed by atoms with Gasteiger partial charge in [0.25, 0.3) is 0 Å². The second-order valence-electron chi connectivity index (χ2n) is 4.81. The topological polar surface area (TPSA) is 61.0 Å². The third-order valence-electron chi connectivity index (χ3n) is 3.12. The zero-order chi connectivity index (χ0) is 14.0. The van der Waals surface area contributed by atoms with E-state index >= 15 is 0 Å². The molecule has 0 amide bonds. The molecule has 2 rings (SSSR count). The van der Waals surface area contributed by atoms with Gasteiger partial charge in [0.15, 0.2) is 0 Å².